The fraction of sp³-hybridized carbons (Fsp3) is 0.929. The third-order valence-corrected chi connectivity index (χ3v) is 2.93. The molecule has 0 aromatic carbocycles. The molecular formula is C14H30N2O. The van der Waals surface area contributed by atoms with Gasteiger partial charge in [-0.1, -0.05) is 45.4 Å². The lowest BCUT2D eigenvalue weighted by Gasteiger charge is -2.05. The van der Waals surface area contributed by atoms with Crippen LogP contribution in [0.25, 0.3) is 0 Å². The van der Waals surface area contributed by atoms with Crippen molar-refractivity contribution in [3.8, 4) is 0 Å². The van der Waals surface area contributed by atoms with E-state index in [4.69, 9.17) is 0 Å². The monoisotopic (exact) mass is 242 g/mol. The van der Waals surface area contributed by atoms with E-state index in [0.29, 0.717) is 6.42 Å². The second kappa shape index (κ2) is 13.5. The molecule has 0 saturated heterocycles. The van der Waals surface area contributed by atoms with Crippen molar-refractivity contribution in [1.29, 1.82) is 0 Å². The summed E-state index contributed by atoms with van der Waals surface area (Å²) in [5, 5.41) is 6.02. The highest BCUT2D eigenvalue weighted by atomic mass is 16.1. The van der Waals surface area contributed by atoms with Crippen LogP contribution in [0.3, 0.4) is 0 Å². The van der Waals surface area contributed by atoms with E-state index >= 15 is 0 Å². The Hall–Kier alpha value is -0.570. The van der Waals surface area contributed by atoms with E-state index in [9.17, 15) is 4.79 Å². The Morgan fingerprint density at radius 3 is 2.18 bits per heavy atom. The van der Waals surface area contributed by atoms with Gasteiger partial charge in [-0.25, -0.2) is 0 Å². The van der Waals surface area contributed by atoms with Gasteiger partial charge in [0.15, 0.2) is 0 Å². The molecule has 0 fully saturated rings. The third kappa shape index (κ3) is 13.4. The molecule has 0 unspecified atom stereocenters. The molecule has 0 aromatic rings. The predicted octanol–water partition coefficient (Wildman–Crippen LogP) is 2.85. The first-order chi connectivity index (χ1) is 8.31. The lowest BCUT2D eigenvalue weighted by molar-refractivity contribution is -0.121. The molecule has 0 aliphatic carbocycles. The van der Waals surface area contributed by atoms with Crippen molar-refractivity contribution in [1.82, 2.24) is 10.6 Å². The minimum Gasteiger partial charge on any atom is -0.356 e. The molecule has 17 heavy (non-hydrogen) atoms. The molecule has 3 nitrogen and oxygen atoms in total. The molecule has 0 aliphatic heterocycles. The fourth-order valence-corrected chi connectivity index (χ4v) is 1.82. The van der Waals surface area contributed by atoms with Crippen molar-refractivity contribution in [2.45, 2.75) is 64.7 Å². The van der Waals surface area contributed by atoms with Gasteiger partial charge in [0, 0.05) is 13.0 Å². The van der Waals surface area contributed by atoms with Crippen molar-refractivity contribution >= 4 is 5.91 Å². The van der Waals surface area contributed by atoms with E-state index in [1.54, 1.807) is 0 Å². The quantitative estimate of drug-likeness (QED) is 0.517. The zero-order chi connectivity index (χ0) is 12.8. The average Bonchev–Trinajstić information content (AvgIpc) is 2.33. The molecule has 0 rings (SSSR count). The molecule has 0 spiro atoms. The summed E-state index contributed by atoms with van der Waals surface area (Å²) in [6.45, 7) is 4.01. The summed E-state index contributed by atoms with van der Waals surface area (Å²) in [5.74, 6) is 0.217. The Labute approximate surface area is 107 Å². The zero-order valence-electron chi connectivity index (χ0n) is 11.7. The molecule has 3 heteroatoms. The highest BCUT2D eigenvalue weighted by Gasteiger charge is 1.99. The summed E-state index contributed by atoms with van der Waals surface area (Å²) >= 11 is 0. The summed E-state index contributed by atoms with van der Waals surface area (Å²) in [5.41, 5.74) is 0. The van der Waals surface area contributed by atoms with Gasteiger partial charge in [0.25, 0.3) is 0 Å². The average molecular weight is 242 g/mol. The van der Waals surface area contributed by atoms with Gasteiger partial charge in [-0.3, -0.25) is 4.79 Å². The smallest absolute Gasteiger partial charge is 0.219 e. The molecule has 0 radical (unpaired) electrons. The Morgan fingerprint density at radius 1 is 0.882 bits per heavy atom. The Morgan fingerprint density at radius 2 is 1.53 bits per heavy atom. The largest absolute Gasteiger partial charge is 0.356 e. The van der Waals surface area contributed by atoms with Gasteiger partial charge in [-0.15, -0.1) is 0 Å². The van der Waals surface area contributed by atoms with Crippen molar-refractivity contribution in [2.75, 3.05) is 20.1 Å². The maximum atomic E-state index is 11.4. The van der Waals surface area contributed by atoms with E-state index in [1.807, 2.05) is 7.05 Å². The van der Waals surface area contributed by atoms with Gasteiger partial charge in [0.2, 0.25) is 5.91 Å². The van der Waals surface area contributed by atoms with Crippen molar-refractivity contribution in [3.05, 3.63) is 0 Å². The number of nitrogens with one attached hydrogen (secondary N) is 2. The molecule has 0 atom stereocenters. The molecule has 0 saturated carbocycles. The molecule has 0 bridgehead atoms. The van der Waals surface area contributed by atoms with Crippen LogP contribution in [0, 0.1) is 0 Å². The van der Waals surface area contributed by atoms with Gasteiger partial charge in [0.05, 0.1) is 0 Å². The molecule has 0 aliphatic rings. The van der Waals surface area contributed by atoms with Crippen LogP contribution in [0.15, 0.2) is 0 Å². The van der Waals surface area contributed by atoms with Crippen LogP contribution in [-0.2, 0) is 4.79 Å². The molecule has 102 valence electrons. The number of carbonyl (C=O) groups excluding carboxylic acids is 1. The number of carbonyl (C=O) groups is 1. The van der Waals surface area contributed by atoms with Crippen LogP contribution in [-0.4, -0.2) is 26.0 Å². The first kappa shape index (κ1) is 16.4. The van der Waals surface area contributed by atoms with Crippen LogP contribution in [0.5, 0.6) is 0 Å². The normalized spacial score (nSPS) is 10.5. The number of hydrogen-bond acceptors (Lipinski definition) is 2. The van der Waals surface area contributed by atoms with Gasteiger partial charge in [0.1, 0.15) is 0 Å². The summed E-state index contributed by atoms with van der Waals surface area (Å²) in [7, 11) is 1.93. The Bertz CT molecular complexity index is 172. The van der Waals surface area contributed by atoms with Crippen LogP contribution >= 0.6 is 0 Å². The molecule has 0 aromatic heterocycles. The Balaban J connectivity index is 3.11. The third-order valence-electron chi connectivity index (χ3n) is 2.93. The van der Waals surface area contributed by atoms with E-state index < -0.39 is 0 Å². The SMILES string of the molecule is CCCCCCCCCC(=O)NCCCNC. The summed E-state index contributed by atoms with van der Waals surface area (Å²) in [6, 6.07) is 0. The van der Waals surface area contributed by atoms with Crippen LogP contribution in [0.4, 0.5) is 0 Å². The maximum absolute atomic E-state index is 11.4. The number of hydrogen-bond donors (Lipinski definition) is 2. The summed E-state index contributed by atoms with van der Waals surface area (Å²) < 4.78 is 0. The van der Waals surface area contributed by atoms with E-state index in [0.717, 1.165) is 25.9 Å². The van der Waals surface area contributed by atoms with Gasteiger partial charge in [-0.05, 0) is 26.4 Å². The fourth-order valence-electron chi connectivity index (χ4n) is 1.82. The summed E-state index contributed by atoms with van der Waals surface area (Å²) in [4.78, 5) is 11.4. The first-order valence-corrected chi connectivity index (χ1v) is 7.22. The van der Waals surface area contributed by atoms with Crippen LogP contribution in [0.1, 0.15) is 64.7 Å². The van der Waals surface area contributed by atoms with Crippen LogP contribution < -0.4 is 10.6 Å². The van der Waals surface area contributed by atoms with Crippen LogP contribution in [0.2, 0.25) is 0 Å². The number of amides is 1. The predicted molar refractivity (Wildman–Crippen MR) is 74.2 cm³/mol. The van der Waals surface area contributed by atoms with Crippen molar-refractivity contribution in [2.24, 2.45) is 0 Å². The second-order valence-corrected chi connectivity index (χ2v) is 4.68. The number of unbranched alkanes of at least 4 members (excludes halogenated alkanes) is 6. The zero-order valence-corrected chi connectivity index (χ0v) is 11.7. The standard InChI is InChI=1S/C14H30N2O/c1-3-4-5-6-7-8-9-11-14(17)16-13-10-12-15-2/h15H,3-13H2,1-2H3,(H,16,17). The Kier molecular flexibility index (Phi) is 13.0. The van der Waals surface area contributed by atoms with Gasteiger partial charge >= 0.3 is 0 Å². The maximum Gasteiger partial charge on any atom is 0.219 e. The summed E-state index contributed by atoms with van der Waals surface area (Å²) in [6.07, 6.45) is 10.6. The van der Waals surface area contributed by atoms with E-state index in [1.165, 1.54) is 38.5 Å². The topological polar surface area (TPSA) is 41.1 Å². The minimum atomic E-state index is 0.217. The van der Waals surface area contributed by atoms with E-state index in [2.05, 4.69) is 17.6 Å². The second-order valence-electron chi connectivity index (χ2n) is 4.68. The lowest BCUT2D eigenvalue weighted by atomic mass is 10.1. The highest BCUT2D eigenvalue weighted by molar-refractivity contribution is 5.75. The van der Waals surface area contributed by atoms with Crippen molar-refractivity contribution < 1.29 is 4.79 Å². The van der Waals surface area contributed by atoms with E-state index in [-0.39, 0.29) is 5.91 Å². The van der Waals surface area contributed by atoms with Gasteiger partial charge in [-0.2, -0.15) is 0 Å². The highest BCUT2D eigenvalue weighted by Crippen LogP contribution is 2.08. The lowest BCUT2D eigenvalue weighted by Crippen LogP contribution is -2.26. The molecule has 0 heterocycles. The van der Waals surface area contributed by atoms with Gasteiger partial charge < -0.3 is 10.6 Å². The molecule has 1 amide bonds. The molecule has 2 N–H and O–H groups in total. The van der Waals surface area contributed by atoms with Crippen molar-refractivity contribution in [3.63, 3.8) is 0 Å². The minimum absolute atomic E-state index is 0.217. The number of rotatable bonds is 12. The first-order valence-electron chi connectivity index (χ1n) is 7.22. The molecular weight excluding hydrogens is 212 g/mol.